The van der Waals surface area contributed by atoms with Gasteiger partial charge in [-0.1, -0.05) is 12.2 Å². The van der Waals surface area contributed by atoms with Crippen LogP contribution in [-0.4, -0.2) is 12.1 Å². The normalized spacial score (nSPS) is 50.1. The number of esters is 1. The van der Waals surface area contributed by atoms with Gasteiger partial charge in [-0.15, -0.1) is 0 Å². The Balaban J connectivity index is 1.40. The maximum Gasteiger partial charge on any atom is 0.309 e. The fourth-order valence-electron chi connectivity index (χ4n) is 4.62. The standard InChI is InChI=1S/C15H20O2/c16-15(13-7-9-1-3-11(13)5-9)17-14-8-10-2-4-12(14)6-10/h1,3,9-14H,2,4-8H2. The van der Waals surface area contributed by atoms with Gasteiger partial charge < -0.3 is 4.74 Å². The van der Waals surface area contributed by atoms with Crippen molar-refractivity contribution in [1.29, 1.82) is 0 Å². The van der Waals surface area contributed by atoms with Crippen LogP contribution in [0.2, 0.25) is 0 Å². The Hall–Kier alpha value is -0.790. The van der Waals surface area contributed by atoms with Crippen LogP contribution in [-0.2, 0) is 9.53 Å². The molecule has 0 spiro atoms. The summed E-state index contributed by atoms with van der Waals surface area (Å²) >= 11 is 0. The minimum absolute atomic E-state index is 0.111. The van der Waals surface area contributed by atoms with Crippen molar-refractivity contribution >= 4 is 5.97 Å². The summed E-state index contributed by atoms with van der Waals surface area (Å²) in [6.07, 6.45) is 12.1. The van der Waals surface area contributed by atoms with Crippen molar-refractivity contribution in [1.82, 2.24) is 0 Å². The molecule has 3 saturated carbocycles. The number of allylic oxidation sites excluding steroid dienone is 2. The Bertz CT molecular complexity index is 373. The van der Waals surface area contributed by atoms with Crippen molar-refractivity contribution < 1.29 is 9.53 Å². The molecule has 92 valence electrons. The summed E-state index contributed by atoms with van der Waals surface area (Å²) in [4.78, 5) is 12.2. The molecule has 6 atom stereocenters. The second kappa shape index (κ2) is 3.60. The van der Waals surface area contributed by atoms with Crippen LogP contribution in [0.25, 0.3) is 0 Å². The molecule has 0 aromatic heterocycles. The van der Waals surface area contributed by atoms with E-state index in [2.05, 4.69) is 12.2 Å². The van der Waals surface area contributed by atoms with Crippen LogP contribution in [0.4, 0.5) is 0 Å². The van der Waals surface area contributed by atoms with Crippen LogP contribution in [0.5, 0.6) is 0 Å². The second-order valence-electron chi connectivity index (χ2n) is 6.54. The highest BCUT2D eigenvalue weighted by Crippen LogP contribution is 2.48. The van der Waals surface area contributed by atoms with E-state index < -0.39 is 0 Å². The van der Waals surface area contributed by atoms with Crippen LogP contribution in [0.15, 0.2) is 12.2 Å². The number of hydrogen-bond acceptors (Lipinski definition) is 2. The smallest absolute Gasteiger partial charge is 0.309 e. The molecule has 0 heterocycles. The molecule has 0 aromatic carbocycles. The summed E-state index contributed by atoms with van der Waals surface area (Å²) in [5.41, 5.74) is 0. The third kappa shape index (κ3) is 1.56. The summed E-state index contributed by atoms with van der Waals surface area (Å²) in [6, 6.07) is 0. The van der Waals surface area contributed by atoms with E-state index in [1.165, 1.54) is 25.7 Å². The van der Waals surface area contributed by atoms with Gasteiger partial charge in [0.05, 0.1) is 5.92 Å². The van der Waals surface area contributed by atoms with E-state index in [0.29, 0.717) is 17.8 Å². The van der Waals surface area contributed by atoms with Crippen LogP contribution in [0, 0.1) is 29.6 Å². The zero-order chi connectivity index (χ0) is 11.4. The lowest BCUT2D eigenvalue weighted by Crippen LogP contribution is -2.29. The Kier molecular flexibility index (Phi) is 2.15. The number of fused-ring (bicyclic) bond motifs is 4. The Morgan fingerprint density at radius 3 is 2.59 bits per heavy atom. The van der Waals surface area contributed by atoms with Gasteiger partial charge in [0.25, 0.3) is 0 Å². The number of rotatable bonds is 2. The zero-order valence-electron chi connectivity index (χ0n) is 10.2. The van der Waals surface area contributed by atoms with Gasteiger partial charge in [-0.05, 0) is 62.2 Å². The molecule has 2 heteroatoms. The summed E-state index contributed by atoms with van der Waals surface area (Å²) in [7, 11) is 0. The molecule has 0 aliphatic heterocycles. The summed E-state index contributed by atoms with van der Waals surface area (Å²) in [5, 5.41) is 0. The molecule has 0 N–H and O–H groups in total. The highest BCUT2D eigenvalue weighted by atomic mass is 16.5. The molecule has 4 bridgehead atoms. The fourth-order valence-corrected chi connectivity index (χ4v) is 4.62. The molecule has 2 nitrogen and oxygen atoms in total. The van der Waals surface area contributed by atoms with Gasteiger partial charge in [-0.2, -0.15) is 0 Å². The van der Waals surface area contributed by atoms with Crippen molar-refractivity contribution in [2.45, 2.75) is 44.6 Å². The minimum atomic E-state index is 0.111. The topological polar surface area (TPSA) is 26.3 Å². The van der Waals surface area contributed by atoms with Crippen molar-refractivity contribution in [2.24, 2.45) is 29.6 Å². The van der Waals surface area contributed by atoms with Crippen molar-refractivity contribution in [3.63, 3.8) is 0 Å². The molecule has 6 unspecified atom stereocenters. The van der Waals surface area contributed by atoms with Gasteiger partial charge in [0.15, 0.2) is 0 Å². The van der Waals surface area contributed by atoms with Gasteiger partial charge in [0, 0.05) is 0 Å². The van der Waals surface area contributed by atoms with E-state index in [1.807, 2.05) is 0 Å². The third-order valence-corrected chi connectivity index (χ3v) is 5.52. The average Bonchev–Trinajstić information content (AvgIpc) is 3.08. The molecule has 4 aliphatic rings. The van der Waals surface area contributed by atoms with Crippen LogP contribution in [0.1, 0.15) is 38.5 Å². The number of carbonyl (C=O) groups is 1. The lowest BCUT2D eigenvalue weighted by molar-refractivity contribution is -0.157. The quantitative estimate of drug-likeness (QED) is 0.540. The summed E-state index contributed by atoms with van der Waals surface area (Å²) in [6.45, 7) is 0. The highest BCUT2D eigenvalue weighted by Gasteiger charge is 2.45. The predicted octanol–water partition coefficient (Wildman–Crippen LogP) is 2.93. The molecule has 4 rings (SSSR count). The van der Waals surface area contributed by atoms with Crippen molar-refractivity contribution in [3.8, 4) is 0 Å². The molecule has 0 aromatic rings. The van der Waals surface area contributed by atoms with E-state index in [9.17, 15) is 4.79 Å². The predicted molar refractivity (Wildman–Crippen MR) is 64.2 cm³/mol. The number of carbonyl (C=O) groups excluding carboxylic acids is 1. The maximum atomic E-state index is 12.2. The van der Waals surface area contributed by atoms with E-state index in [1.54, 1.807) is 0 Å². The lowest BCUT2D eigenvalue weighted by Gasteiger charge is -2.25. The lowest BCUT2D eigenvalue weighted by atomic mass is 9.93. The first-order valence-electron chi connectivity index (χ1n) is 7.18. The van der Waals surface area contributed by atoms with Gasteiger partial charge >= 0.3 is 5.97 Å². The van der Waals surface area contributed by atoms with Crippen LogP contribution >= 0.6 is 0 Å². The van der Waals surface area contributed by atoms with Gasteiger partial charge in [-0.25, -0.2) is 0 Å². The Morgan fingerprint density at radius 1 is 1.06 bits per heavy atom. The number of ether oxygens (including phenoxy) is 1. The molecule has 3 fully saturated rings. The van der Waals surface area contributed by atoms with Gasteiger partial charge in [-0.3, -0.25) is 4.79 Å². The van der Waals surface area contributed by atoms with Gasteiger partial charge in [0.2, 0.25) is 0 Å². The van der Waals surface area contributed by atoms with E-state index >= 15 is 0 Å². The van der Waals surface area contributed by atoms with E-state index in [4.69, 9.17) is 4.74 Å². The first-order chi connectivity index (χ1) is 8.29. The summed E-state index contributed by atoms with van der Waals surface area (Å²) in [5.74, 6) is 3.00. The Labute approximate surface area is 102 Å². The molecule has 4 aliphatic carbocycles. The van der Waals surface area contributed by atoms with Crippen molar-refractivity contribution in [2.75, 3.05) is 0 Å². The highest BCUT2D eigenvalue weighted by molar-refractivity contribution is 5.74. The molecular weight excluding hydrogens is 212 g/mol. The largest absolute Gasteiger partial charge is 0.462 e. The third-order valence-electron chi connectivity index (χ3n) is 5.52. The van der Waals surface area contributed by atoms with Crippen LogP contribution < -0.4 is 0 Å². The minimum Gasteiger partial charge on any atom is -0.462 e. The summed E-state index contributed by atoms with van der Waals surface area (Å²) < 4.78 is 5.81. The van der Waals surface area contributed by atoms with E-state index in [0.717, 1.165) is 18.8 Å². The van der Waals surface area contributed by atoms with Gasteiger partial charge in [0.1, 0.15) is 6.10 Å². The molecule has 0 saturated heterocycles. The monoisotopic (exact) mass is 232 g/mol. The fraction of sp³-hybridized carbons (Fsp3) is 0.800. The Morgan fingerprint density at radius 2 is 2.00 bits per heavy atom. The molecular formula is C15H20O2. The second-order valence-corrected chi connectivity index (χ2v) is 6.54. The SMILES string of the molecule is O=C(OC1CC2CCC1C2)C1CC2C=CC1C2. The average molecular weight is 232 g/mol. The molecule has 0 radical (unpaired) electrons. The first kappa shape index (κ1) is 10.2. The van der Waals surface area contributed by atoms with Crippen LogP contribution in [0.3, 0.4) is 0 Å². The first-order valence-corrected chi connectivity index (χ1v) is 7.18. The molecule has 0 amide bonds. The molecule has 17 heavy (non-hydrogen) atoms. The maximum absolute atomic E-state index is 12.2. The zero-order valence-corrected chi connectivity index (χ0v) is 10.2. The van der Waals surface area contributed by atoms with E-state index in [-0.39, 0.29) is 18.0 Å². The number of hydrogen-bond donors (Lipinski definition) is 0. The van der Waals surface area contributed by atoms with Crippen molar-refractivity contribution in [3.05, 3.63) is 12.2 Å².